The van der Waals surface area contributed by atoms with E-state index in [2.05, 4.69) is 27.8 Å². The van der Waals surface area contributed by atoms with Gasteiger partial charge in [-0.05, 0) is 85.9 Å². The van der Waals surface area contributed by atoms with Gasteiger partial charge in [-0.3, -0.25) is 0 Å². The maximum atomic E-state index is 6.06. The number of fused-ring (bicyclic) bond motifs is 1. The molecular formula is C22H21Cl2N3OS. The lowest BCUT2D eigenvalue weighted by Gasteiger charge is -2.15. The summed E-state index contributed by atoms with van der Waals surface area (Å²) in [6.07, 6.45) is 4.76. The van der Waals surface area contributed by atoms with Crippen LogP contribution < -0.4 is 15.4 Å². The van der Waals surface area contributed by atoms with Gasteiger partial charge >= 0.3 is 0 Å². The Balaban J connectivity index is 1.56. The maximum Gasteiger partial charge on any atom is 0.175 e. The summed E-state index contributed by atoms with van der Waals surface area (Å²) >= 11 is 17.6. The van der Waals surface area contributed by atoms with E-state index in [0.717, 1.165) is 29.8 Å². The molecule has 0 atom stereocenters. The summed E-state index contributed by atoms with van der Waals surface area (Å²) in [5.74, 6) is 0.707. The highest BCUT2D eigenvalue weighted by Gasteiger charge is 2.15. The zero-order valence-electron chi connectivity index (χ0n) is 15.9. The largest absolute Gasteiger partial charge is 0.495 e. The first-order valence-electron chi connectivity index (χ1n) is 9.45. The predicted molar refractivity (Wildman–Crippen MR) is 126 cm³/mol. The number of aromatic amines is 1. The first-order valence-corrected chi connectivity index (χ1v) is 10.6. The molecule has 150 valence electrons. The Morgan fingerprint density at radius 3 is 2.48 bits per heavy atom. The Kier molecular flexibility index (Phi) is 5.99. The molecule has 0 saturated heterocycles. The summed E-state index contributed by atoms with van der Waals surface area (Å²) in [4.78, 5) is 3.57. The lowest BCUT2D eigenvalue weighted by atomic mass is 9.98. The van der Waals surface area contributed by atoms with Crippen molar-refractivity contribution in [3.8, 4) is 17.0 Å². The molecule has 0 fully saturated rings. The number of thiocarbonyl (C=S) groups is 1. The van der Waals surface area contributed by atoms with E-state index in [1.54, 1.807) is 25.3 Å². The molecular weight excluding hydrogens is 425 g/mol. The normalized spacial score (nSPS) is 12.9. The zero-order chi connectivity index (χ0) is 20.4. The molecule has 1 aromatic heterocycles. The monoisotopic (exact) mass is 445 g/mol. The van der Waals surface area contributed by atoms with Gasteiger partial charge in [0, 0.05) is 32.7 Å². The smallest absolute Gasteiger partial charge is 0.175 e. The van der Waals surface area contributed by atoms with Gasteiger partial charge in [-0.25, -0.2) is 0 Å². The quantitative estimate of drug-likeness (QED) is 0.391. The van der Waals surface area contributed by atoms with E-state index in [1.165, 1.54) is 24.1 Å². The highest BCUT2D eigenvalue weighted by Crippen LogP contribution is 2.33. The predicted octanol–water partition coefficient (Wildman–Crippen LogP) is 6.68. The number of methoxy groups -OCH3 is 1. The highest BCUT2D eigenvalue weighted by molar-refractivity contribution is 7.80. The number of anilines is 2. The first kappa shape index (κ1) is 20.1. The van der Waals surface area contributed by atoms with Gasteiger partial charge in [0.25, 0.3) is 0 Å². The molecule has 1 aliphatic rings. The summed E-state index contributed by atoms with van der Waals surface area (Å²) in [6, 6.07) is 13.5. The van der Waals surface area contributed by atoms with Crippen molar-refractivity contribution in [1.29, 1.82) is 0 Å². The fourth-order valence-electron chi connectivity index (χ4n) is 3.64. The molecule has 2 aromatic carbocycles. The number of rotatable bonds is 4. The Hall–Kier alpha value is -2.21. The van der Waals surface area contributed by atoms with Crippen LogP contribution in [0, 0.1) is 0 Å². The van der Waals surface area contributed by atoms with Gasteiger partial charge in [0.15, 0.2) is 5.11 Å². The van der Waals surface area contributed by atoms with Crippen LogP contribution in [0.25, 0.3) is 11.3 Å². The lowest BCUT2D eigenvalue weighted by molar-refractivity contribution is 0.417. The van der Waals surface area contributed by atoms with Crippen LogP contribution >= 0.6 is 35.4 Å². The van der Waals surface area contributed by atoms with Crippen LogP contribution in [0.2, 0.25) is 10.0 Å². The molecule has 0 saturated carbocycles. The summed E-state index contributed by atoms with van der Waals surface area (Å²) in [7, 11) is 1.64. The van der Waals surface area contributed by atoms with Crippen LogP contribution in [0.5, 0.6) is 5.75 Å². The highest BCUT2D eigenvalue weighted by atomic mass is 35.5. The van der Waals surface area contributed by atoms with Crippen molar-refractivity contribution in [1.82, 2.24) is 4.98 Å². The average Bonchev–Trinajstić information content (AvgIpc) is 3.11. The molecule has 0 spiro atoms. The molecule has 0 bridgehead atoms. The fourth-order valence-corrected chi connectivity index (χ4v) is 4.40. The SMILES string of the molecule is COc1ccc(-c2cc3c([nH]2)CCCC3)cc1NC(=S)Nc1cc(Cl)cc(Cl)c1. The first-order chi connectivity index (χ1) is 14.0. The topological polar surface area (TPSA) is 49.1 Å². The molecule has 1 aliphatic carbocycles. The minimum absolute atomic E-state index is 0.421. The number of benzene rings is 2. The van der Waals surface area contributed by atoms with Crippen LogP contribution in [0.1, 0.15) is 24.1 Å². The van der Waals surface area contributed by atoms with E-state index in [4.69, 9.17) is 40.2 Å². The van der Waals surface area contributed by atoms with Crippen LogP contribution in [-0.4, -0.2) is 17.2 Å². The van der Waals surface area contributed by atoms with E-state index in [0.29, 0.717) is 26.6 Å². The molecule has 4 nitrogen and oxygen atoms in total. The molecule has 7 heteroatoms. The van der Waals surface area contributed by atoms with Crippen molar-refractivity contribution in [2.75, 3.05) is 17.7 Å². The third-order valence-electron chi connectivity index (χ3n) is 4.99. The van der Waals surface area contributed by atoms with E-state index >= 15 is 0 Å². The minimum atomic E-state index is 0.421. The number of nitrogens with one attached hydrogen (secondary N) is 3. The van der Waals surface area contributed by atoms with Crippen LogP contribution in [0.15, 0.2) is 42.5 Å². The molecule has 3 N–H and O–H groups in total. The number of aryl methyl sites for hydroxylation is 2. The number of halogens is 2. The Morgan fingerprint density at radius 2 is 1.76 bits per heavy atom. The van der Waals surface area contributed by atoms with Crippen molar-refractivity contribution in [2.45, 2.75) is 25.7 Å². The van der Waals surface area contributed by atoms with Gasteiger partial charge in [0.1, 0.15) is 5.75 Å². The number of hydrogen-bond donors (Lipinski definition) is 3. The standard InChI is InChI=1S/C22H21Cl2N3OS/c1-28-21-7-6-14(19-8-13-4-2-3-5-18(13)26-19)9-20(21)27-22(29)25-17-11-15(23)10-16(24)12-17/h6-12,26H,2-5H2,1H3,(H2,25,27,29). The Bertz CT molecular complexity index is 1020. The van der Waals surface area contributed by atoms with Gasteiger partial charge in [0.05, 0.1) is 12.8 Å². The molecule has 4 rings (SSSR count). The second-order valence-corrected chi connectivity index (χ2v) is 8.33. The lowest BCUT2D eigenvalue weighted by Crippen LogP contribution is -2.19. The maximum absolute atomic E-state index is 6.06. The van der Waals surface area contributed by atoms with Crippen molar-refractivity contribution in [2.24, 2.45) is 0 Å². The third-order valence-corrected chi connectivity index (χ3v) is 5.63. The number of aromatic nitrogens is 1. The van der Waals surface area contributed by atoms with Crippen molar-refractivity contribution < 1.29 is 4.74 Å². The summed E-state index contributed by atoms with van der Waals surface area (Å²) in [5.41, 5.74) is 6.47. The Morgan fingerprint density at radius 1 is 1.00 bits per heavy atom. The molecule has 3 aromatic rings. The van der Waals surface area contributed by atoms with Crippen LogP contribution in [0.4, 0.5) is 11.4 Å². The summed E-state index contributed by atoms with van der Waals surface area (Å²) in [5, 5.41) is 7.83. The summed E-state index contributed by atoms with van der Waals surface area (Å²) in [6.45, 7) is 0. The third kappa shape index (κ3) is 4.69. The second-order valence-electron chi connectivity index (χ2n) is 7.05. The average molecular weight is 446 g/mol. The van der Waals surface area contributed by atoms with Gasteiger partial charge in [-0.1, -0.05) is 23.2 Å². The van der Waals surface area contributed by atoms with E-state index in [-0.39, 0.29) is 0 Å². The van der Waals surface area contributed by atoms with Crippen LogP contribution in [-0.2, 0) is 12.8 Å². The molecule has 0 radical (unpaired) electrons. The minimum Gasteiger partial charge on any atom is -0.495 e. The van der Waals surface area contributed by atoms with Gasteiger partial charge in [-0.15, -0.1) is 0 Å². The molecule has 29 heavy (non-hydrogen) atoms. The van der Waals surface area contributed by atoms with Crippen LogP contribution in [0.3, 0.4) is 0 Å². The van der Waals surface area contributed by atoms with E-state index in [1.807, 2.05) is 12.1 Å². The summed E-state index contributed by atoms with van der Waals surface area (Å²) < 4.78 is 5.50. The molecule has 0 amide bonds. The van der Waals surface area contributed by atoms with Gasteiger partial charge in [0.2, 0.25) is 0 Å². The van der Waals surface area contributed by atoms with Gasteiger partial charge < -0.3 is 20.4 Å². The van der Waals surface area contributed by atoms with E-state index < -0.39 is 0 Å². The second kappa shape index (κ2) is 8.66. The number of H-pyrrole nitrogens is 1. The number of ether oxygens (including phenoxy) is 1. The number of hydrogen-bond acceptors (Lipinski definition) is 2. The van der Waals surface area contributed by atoms with Crippen molar-refractivity contribution >= 4 is 51.9 Å². The van der Waals surface area contributed by atoms with Crippen molar-refractivity contribution in [3.63, 3.8) is 0 Å². The zero-order valence-corrected chi connectivity index (χ0v) is 18.3. The van der Waals surface area contributed by atoms with Gasteiger partial charge in [-0.2, -0.15) is 0 Å². The molecule has 0 aliphatic heterocycles. The van der Waals surface area contributed by atoms with Crippen molar-refractivity contribution in [3.05, 3.63) is 63.8 Å². The molecule has 1 heterocycles. The van der Waals surface area contributed by atoms with E-state index in [9.17, 15) is 0 Å². The Labute approximate surface area is 185 Å². The fraction of sp³-hybridized carbons (Fsp3) is 0.227. The molecule has 0 unspecified atom stereocenters.